The van der Waals surface area contributed by atoms with Crippen molar-refractivity contribution in [1.29, 1.82) is 0 Å². The number of benzene rings is 1. The molecule has 1 N–H and O–H groups in total. The third-order valence-electron chi connectivity index (χ3n) is 4.07. The lowest BCUT2D eigenvalue weighted by molar-refractivity contribution is -0.141. The number of halogens is 2. The Bertz CT molecular complexity index is 714. The fraction of sp³-hybridized carbons (Fsp3) is 0.444. The number of hydrogen-bond donors (Lipinski definition) is 1. The molecule has 1 heterocycles. The summed E-state index contributed by atoms with van der Waals surface area (Å²) >= 11 is 0. The van der Waals surface area contributed by atoms with Crippen LogP contribution in [0.15, 0.2) is 29.5 Å². The number of rotatable bonds is 6. The summed E-state index contributed by atoms with van der Waals surface area (Å²) in [5.74, 6) is -2.48. The molecule has 1 aliphatic heterocycles. The van der Waals surface area contributed by atoms with Gasteiger partial charge in [-0.15, -0.1) is 0 Å². The Morgan fingerprint density at radius 3 is 2.42 bits per heavy atom. The third kappa shape index (κ3) is 3.85. The first kappa shape index (κ1) is 19.8. The molecule has 2 amide bonds. The van der Waals surface area contributed by atoms with Crippen molar-refractivity contribution in [3.63, 3.8) is 0 Å². The van der Waals surface area contributed by atoms with Crippen molar-refractivity contribution in [2.75, 3.05) is 20.3 Å². The molecule has 1 atom stereocenters. The molecule has 0 spiro atoms. The molecule has 1 aliphatic rings. The lowest BCUT2D eigenvalue weighted by Crippen LogP contribution is -2.50. The summed E-state index contributed by atoms with van der Waals surface area (Å²) in [6, 6.07) is 1.27. The van der Waals surface area contributed by atoms with Crippen LogP contribution in [-0.2, 0) is 14.3 Å². The molecule has 0 fully saturated rings. The van der Waals surface area contributed by atoms with E-state index in [-0.39, 0.29) is 24.8 Å². The number of nitrogens with one attached hydrogen (secondary N) is 1. The number of hydrogen-bond acceptors (Lipinski definition) is 4. The largest absolute Gasteiger partial charge is 0.460 e. The van der Waals surface area contributed by atoms with Gasteiger partial charge in [-0.25, -0.2) is 18.4 Å². The fourth-order valence-electron chi connectivity index (χ4n) is 2.94. The molecule has 0 saturated carbocycles. The van der Waals surface area contributed by atoms with E-state index < -0.39 is 35.2 Å². The molecule has 0 radical (unpaired) electrons. The number of nitrogens with zero attached hydrogens (tertiary/aromatic N) is 1. The van der Waals surface area contributed by atoms with Crippen molar-refractivity contribution in [1.82, 2.24) is 10.2 Å². The van der Waals surface area contributed by atoms with Crippen LogP contribution in [0.1, 0.15) is 32.4 Å². The first-order valence-corrected chi connectivity index (χ1v) is 8.20. The van der Waals surface area contributed by atoms with Gasteiger partial charge < -0.3 is 14.8 Å². The van der Waals surface area contributed by atoms with E-state index in [1.807, 2.05) is 0 Å². The highest BCUT2D eigenvalue weighted by molar-refractivity contribution is 5.95. The van der Waals surface area contributed by atoms with Crippen LogP contribution in [0.3, 0.4) is 0 Å². The van der Waals surface area contributed by atoms with Crippen molar-refractivity contribution < 1.29 is 27.8 Å². The van der Waals surface area contributed by atoms with Crippen LogP contribution in [0.5, 0.6) is 0 Å². The number of carbonyl (C=O) groups is 2. The first-order valence-electron chi connectivity index (χ1n) is 8.20. The number of urea groups is 1. The van der Waals surface area contributed by atoms with Crippen LogP contribution in [0, 0.1) is 11.6 Å². The number of ether oxygens (including phenoxy) is 2. The lowest BCUT2D eigenvalue weighted by Gasteiger charge is -2.37. The maximum absolute atomic E-state index is 14.3. The van der Waals surface area contributed by atoms with Gasteiger partial charge in [-0.3, -0.25) is 4.90 Å². The Morgan fingerprint density at radius 2 is 1.88 bits per heavy atom. The zero-order valence-corrected chi connectivity index (χ0v) is 15.1. The SMILES string of the molecule is COCCOC(=O)C1=C(C)N(C(C)C)C(=O)N[C@H]1c1c(F)cccc1F. The molecule has 1 aromatic carbocycles. The summed E-state index contributed by atoms with van der Waals surface area (Å²) in [7, 11) is 1.46. The van der Waals surface area contributed by atoms with E-state index in [4.69, 9.17) is 9.47 Å². The molecule has 1 aromatic rings. The highest BCUT2D eigenvalue weighted by atomic mass is 19.1. The minimum absolute atomic E-state index is 0.0154. The van der Waals surface area contributed by atoms with Crippen molar-refractivity contribution in [2.24, 2.45) is 0 Å². The summed E-state index contributed by atoms with van der Waals surface area (Å²) in [4.78, 5) is 26.4. The summed E-state index contributed by atoms with van der Waals surface area (Å²) in [6.45, 7) is 5.24. The van der Waals surface area contributed by atoms with Crippen LogP contribution >= 0.6 is 0 Å². The van der Waals surface area contributed by atoms with Gasteiger partial charge >= 0.3 is 12.0 Å². The Morgan fingerprint density at radius 1 is 1.27 bits per heavy atom. The fourth-order valence-corrected chi connectivity index (χ4v) is 2.94. The Kier molecular flexibility index (Phi) is 6.31. The van der Waals surface area contributed by atoms with Gasteiger partial charge in [0.25, 0.3) is 0 Å². The minimum atomic E-state index is -1.28. The Hall–Kier alpha value is -2.48. The average molecular weight is 368 g/mol. The van der Waals surface area contributed by atoms with Gasteiger partial charge in [0.15, 0.2) is 0 Å². The standard InChI is InChI=1S/C18H22F2N2O4/c1-10(2)22-11(3)14(17(23)26-9-8-25-4)16(21-18(22)24)15-12(19)6-5-7-13(15)20/h5-7,10,16H,8-9H2,1-4H3,(H,21,24)/t16-/m1/s1. The molecule has 8 heteroatoms. The number of amides is 2. The molecule has 0 saturated heterocycles. The van der Waals surface area contributed by atoms with Gasteiger partial charge in [-0.05, 0) is 32.9 Å². The third-order valence-corrected chi connectivity index (χ3v) is 4.07. The molecule has 0 aromatic heterocycles. The highest BCUT2D eigenvalue weighted by Crippen LogP contribution is 2.34. The van der Waals surface area contributed by atoms with Crippen LogP contribution in [0.25, 0.3) is 0 Å². The van der Waals surface area contributed by atoms with Crippen LogP contribution in [-0.4, -0.2) is 43.3 Å². The van der Waals surface area contributed by atoms with Gasteiger partial charge in [0.1, 0.15) is 18.2 Å². The van der Waals surface area contributed by atoms with Crippen LogP contribution in [0.2, 0.25) is 0 Å². The van der Waals surface area contributed by atoms with Gasteiger partial charge in [0.05, 0.1) is 23.8 Å². The summed E-state index contributed by atoms with van der Waals surface area (Å²) in [6.07, 6.45) is 0. The number of allylic oxidation sites excluding steroid dienone is 1. The zero-order chi connectivity index (χ0) is 19.4. The van der Waals surface area contributed by atoms with Gasteiger partial charge in [0.2, 0.25) is 0 Å². The van der Waals surface area contributed by atoms with E-state index in [1.54, 1.807) is 20.8 Å². The van der Waals surface area contributed by atoms with E-state index in [9.17, 15) is 18.4 Å². The van der Waals surface area contributed by atoms with E-state index in [2.05, 4.69) is 5.32 Å². The Balaban J connectivity index is 2.54. The average Bonchev–Trinajstić information content (AvgIpc) is 2.54. The molecular formula is C18H22F2N2O4. The predicted molar refractivity (Wildman–Crippen MR) is 90.1 cm³/mol. The predicted octanol–water partition coefficient (Wildman–Crippen LogP) is 2.90. The highest BCUT2D eigenvalue weighted by Gasteiger charge is 2.39. The quantitative estimate of drug-likeness (QED) is 0.619. The van der Waals surface area contributed by atoms with Crippen molar-refractivity contribution >= 4 is 12.0 Å². The summed E-state index contributed by atoms with van der Waals surface area (Å²) < 4.78 is 38.6. The summed E-state index contributed by atoms with van der Waals surface area (Å²) in [5, 5.41) is 2.51. The minimum Gasteiger partial charge on any atom is -0.460 e. The Labute approximate surface area is 150 Å². The normalized spacial score (nSPS) is 17.6. The van der Waals surface area contributed by atoms with E-state index in [0.29, 0.717) is 5.70 Å². The monoisotopic (exact) mass is 368 g/mol. The van der Waals surface area contributed by atoms with Crippen molar-refractivity contribution in [3.8, 4) is 0 Å². The molecule has 0 aliphatic carbocycles. The smallest absolute Gasteiger partial charge is 0.338 e. The van der Waals surface area contributed by atoms with E-state index in [1.165, 1.54) is 18.1 Å². The van der Waals surface area contributed by atoms with Gasteiger partial charge in [-0.2, -0.15) is 0 Å². The lowest BCUT2D eigenvalue weighted by atomic mass is 9.93. The summed E-state index contributed by atoms with van der Waals surface area (Å²) in [5.41, 5.74) is -0.125. The van der Waals surface area contributed by atoms with Crippen molar-refractivity contribution in [3.05, 3.63) is 46.7 Å². The van der Waals surface area contributed by atoms with Gasteiger partial charge in [0, 0.05) is 18.8 Å². The van der Waals surface area contributed by atoms with E-state index in [0.717, 1.165) is 12.1 Å². The topological polar surface area (TPSA) is 67.9 Å². The van der Waals surface area contributed by atoms with Crippen LogP contribution < -0.4 is 5.32 Å². The van der Waals surface area contributed by atoms with Crippen LogP contribution in [0.4, 0.5) is 13.6 Å². The molecule has 26 heavy (non-hydrogen) atoms. The second-order valence-electron chi connectivity index (χ2n) is 6.11. The van der Waals surface area contributed by atoms with Gasteiger partial charge in [-0.1, -0.05) is 6.07 Å². The number of methoxy groups -OCH3 is 1. The molecule has 142 valence electrons. The molecular weight excluding hydrogens is 346 g/mol. The molecule has 6 nitrogen and oxygen atoms in total. The van der Waals surface area contributed by atoms with Crippen molar-refractivity contribution in [2.45, 2.75) is 32.9 Å². The molecule has 0 bridgehead atoms. The van der Waals surface area contributed by atoms with E-state index >= 15 is 0 Å². The zero-order valence-electron chi connectivity index (χ0n) is 15.1. The molecule has 0 unspecified atom stereocenters. The second kappa shape index (κ2) is 8.27. The molecule has 2 rings (SSSR count). The second-order valence-corrected chi connectivity index (χ2v) is 6.11. The maximum Gasteiger partial charge on any atom is 0.338 e. The first-order chi connectivity index (χ1) is 12.3. The number of esters is 1. The maximum atomic E-state index is 14.3. The number of carbonyl (C=O) groups excluding carboxylic acids is 2.